The van der Waals surface area contributed by atoms with Crippen LogP contribution in [0.15, 0.2) is 18.2 Å². The minimum atomic E-state index is -0.434. The number of ether oxygens (including phenoxy) is 1. The number of nitrogens with zero attached hydrogens (tertiary/aromatic N) is 1. The molecule has 1 aliphatic rings. The fourth-order valence-corrected chi connectivity index (χ4v) is 2.38. The molecule has 0 fully saturated rings. The van der Waals surface area contributed by atoms with Crippen LogP contribution in [0, 0.1) is 5.41 Å². The van der Waals surface area contributed by atoms with E-state index >= 15 is 0 Å². The third-order valence-corrected chi connectivity index (χ3v) is 3.74. The first-order valence-electron chi connectivity index (χ1n) is 7.56. The molecule has 0 atom stereocenters. The van der Waals surface area contributed by atoms with Crippen LogP contribution in [-0.2, 0) is 20.7 Å². The number of anilines is 2. The van der Waals surface area contributed by atoms with Gasteiger partial charge in [-0.25, -0.2) is 0 Å². The SMILES string of the molecule is COCCN1C(=O)CCc2cc(NC(=O)C(C)(C)C)ccc21. The highest BCUT2D eigenvalue weighted by atomic mass is 16.5. The predicted molar refractivity (Wildman–Crippen MR) is 87.1 cm³/mol. The molecule has 1 aromatic carbocycles. The summed E-state index contributed by atoms with van der Waals surface area (Å²) in [6.45, 7) is 6.70. The molecule has 0 saturated heterocycles. The molecular formula is C17H24N2O3. The van der Waals surface area contributed by atoms with Gasteiger partial charge < -0.3 is 15.0 Å². The number of rotatable bonds is 4. The van der Waals surface area contributed by atoms with E-state index in [2.05, 4.69) is 5.32 Å². The van der Waals surface area contributed by atoms with Crippen LogP contribution in [0.25, 0.3) is 0 Å². The highest BCUT2D eigenvalue weighted by Gasteiger charge is 2.25. The number of fused-ring (bicyclic) bond motifs is 1. The van der Waals surface area contributed by atoms with Crippen LogP contribution in [0.4, 0.5) is 11.4 Å². The van der Waals surface area contributed by atoms with E-state index < -0.39 is 5.41 Å². The summed E-state index contributed by atoms with van der Waals surface area (Å²) >= 11 is 0. The number of carbonyl (C=O) groups is 2. The minimum absolute atomic E-state index is 0.0180. The van der Waals surface area contributed by atoms with Crippen molar-refractivity contribution in [1.82, 2.24) is 0 Å². The van der Waals surface area contributed by atoms with Gasteiger partial charge in [0.2, 0.25) is 11.8 Å². The van der Waals surface area contributed by atoms with Crippen molar-refractivity contribution >= 4 is 23.2 Å². The first kappa shape index (κ1) is 16.5. The lowest BCUT2D eigenvalue weighted by atomic mass is 9.95. The molecular weight excluding hydrogens is 280 g/mol. The molecule has 2 amide bonds. The number of benzene rings is 1. The van der Waals surface area contributed by atoms with Crippen LogP contribution in [0.2, 0.25) is 0 Å². The smallest absolute Gasteiger partial charge is 0.229 e. The molecule has 2 rings (SSSR count). The van der Waals surface area contributed by atoms with Crippen LogP contribution < -0.4 is 10.2 Å². The Balaban J connectivity index is 2.21. The van der Waals surface area contributed by atoms with Gasteiger partial charge in [-0.1, -0.05) is 20.8 Å². The zero-order valence-electron chi connectivity index (χ0n) is 13.7. The molecule has 1 heterocycles. The topological polar surface area (TPSA) is 58.6 Å². The Bertz CT molecular complexity index is 576. The number of hydrogen-bond acceptors (Lipinski definition) is 3. The molecule has 0 bridgehead atoms. The molecule has 5 heteroatoms. The van der Waals surface area contributed by atoms with Gasteiger partial charge in [0.15, 0.2) is 0 Å². The van der Waals surface area contributed by atoms with Crippen molar-refractivity contribution in [1.29, 1.82) is 0 Å². The molecule has 22 heavy (non-hydrogen) atoms. The molecule has 5 nitrogen and oxygen atoms in total. The Morgan fingerprint density at radius 1 is 1.32 bits per heavy atom. The molecule has 0 radical (unpaired) electrons. The van der Waals surface area contributed by atoms with Gasteiger partial charge in [-0.15, -0.1) is 0 Å². The van der Waals surface area contributed by atoms with Gasteiger partial charge in [0.25, 0.3) is 0 Å². The molecule has 0 aromatic heterocycles. The van der Waals surface area contributed by atoms with E-state index in [4.69, 9.17) is 4.74 Å². The summed E-state index contributed by atoms with van der Waals surface area (Å²) in [6, 6.07) is 5.71. The van der Waals surface area contributed by atoms with Crippen LogP contribution in [0.1, 0.15) is 32.8 Å². The second-order valence-electron chi connectivity index (χ2n) is 6.59. The predicted octanol–water partition coefficient (Wildman–Crippen LogP) is 2.60. The van der Waals surface area contributed by atoms with Crippen LogP contribution in [-0.4, -0.2) is 32.1 Å². The Hall–Kier alpha value is -1.88. The van der Waals surface area contributed by atoms with E-state index in [1.54, 1.807) is 12.0 Å². The maximum atomic E-state index is 12.1. The molecule has 0 unspecified atom stereocenters. The van der Waals surface area contributed by atoms with E-state index in [1.807, 2.05) is 39.0 Å². The summed E-state index contributed by atoms with van der Waals surface area (Å²) in [6.07, 6.45) is 1.20. The number of hydrogen-bond donors (Lipinski definition) is 1. The average molecular weight is 304 g/mol. The third-order valence-electron chi connectivity index (χ3n) is 3.74. The van der Waals surface area contributed by atoms with Crippen molar-refractivity contribution in [3.8, 4) is 0 Å². The zero-order chi connectivity index (χ0) is 16.3. The van der Waals surface area contributed by atoms with Gasteiger partial charge in [-0.3, -0.25) is 9.59 Å². The molecule has 0 aliphatic carbocycles. The summed E-state index contributed by atoms with van der Waals surface area (Å²) in [4.78, 5) is 25.9. The second kappa shape index (κ2) is 6.48. The van der Waals surface area contributed by atoms with Crippen molar-refractivity contribution in [2.75, 3.05) is 30.5 Å². The molecule has 0 spiro atoms. The number of aryl methyl sites for hydroxylation is 1. The lowest BCUT2D eigenvalue weighted by Gasteiger charge is -2.30. The summed E-state index contributed by atoms with van der Waals surface area (Å²) in [5.74, 6) is 0.103. The van der Waals surface area contributed by atoms with Crippen molar-refractivity contribution in [2.24, 2.45) is 5.41 Å². The Kier molecular flexibility index (Phi) is 4.86. The van der Waals surface area contributed by atoms with E-state index in [9.17, 15) is 9.59 Å². The molecule has 1 aliphatic heterocycles. The largest absolute Gasteiger partial charge is 0.383 e. The monoisotopic (exact) mass is 304 g/mol. The van der Waals surface area contributed by atoms with Crippen molar-refractivity contribution in [3.05, 3.63) is 23.8 Å². The van der Waals surface area contributed by atoms with E-state index in [-0.39, 0.29) is 11.8 Å². The van der Waals surface area contributed by atoms with Gasteiger partial charge in [-0.05, 0) is 30.2 Å². The van der Waals surface area contributed by atoms with Crippen molar-refractivity contribution < 1.29 is 14.3 Å². The van der Waals surface area contributed by atoms with E-state index in [0.717, 1.165) is 16.9 Å². The van der Waals surface area contributed by atoms with Crippen LogP contribution in [0.3, 0.4) is 0 Å². The van der Waals surface area contributed by atoms with Crippen molar-refractivity contribution in [3.63, 3.8) is 0 Å². The lowest BCUT2D eigenvalue weighted by Crippen LogP contribution is -2.37. The summed E-state index contributed by atoms with van der Waals surface area (Å²) < 4.78 is 5.07. The van der Waals surface area contributed by atoms with Crippen LogP contribution in [0.5, 0.6) is 0 Å². The van der Waals surface area contributed by atoms with Gasteiger partial charge in [0, 0.05) is 36.9 Å². The Morgan fingerprint density at radius 3 is 2.68 bits per heavy atom. The van der Waals surface area contributed by atoms with Gasteiger partial charge in [-0.2, -0.15) is 0 Å². The number of carbonyl (C=O) groups excluding carboxylic acids is 2. The fourth-order valence-electron chi connectivity index (χ4n) is 2.38. The second-order valence-corrected chi connectivity index (χ2v) is 6.59. The maximum Gasteiger partial charge on any atom is 0.229 e. The Labute approximate surface area is 131 Å². The molecule has 0 saturated carbocycles. The van der Waals surface area contributed by atoms with E-state index in [0.29, 0.717) is 26.0 Å². The van der Waals surface area contributed by atoms with Crippen molar-refractivity contribution in [2.45, 2.75) is 33.6 Å². The van der Waals surface area contributed by atoms with E-state index in [1.165, 1.54) is 0 Å². The first-order chi connectivity index (χ1) is 10.3. The number of methoxy groups -OCH3 is 1. The summed E-state index contributed by atoms with van der Waals surface area (Å²) in [7, 11) is 1.63. The average Bonchev–Trinajstić information content (AvgIpc) is 2.45. The minimum Gasteiger partial charge on any atom is -0.383 e. The normalized spacial score (nSPS) is 14.7. The number of amides is 2. The first-order valence-corrected chi connectivity index (χ1v) is 7.56. The zero-order valence-corrected chi connectivity index (χ0v) is 13.7. The number of nitrogens with one attached hydrogen (secondary N) is 1. The highest BCUT2D eigenvalue weighted by Crippen LogP contribution is 2.30. The summed E-state index contributed by atoms with van der Waals surface area (Å²) in [5.41, 5.74) is 2.35. The molecule has 1 aromatic rings. The highest BCUT2D eigenvalue weighted by molar-refractivity contribution is 5.98. The van der Waals surface area contributed by atoms with Gasteiger partial charge in [0.1, 0.15) is 0 Å². The fraction of sp³-hybridized carbons (Fsp3) is 0.529. The standard InChI is InChI=1S/C17H24N2O3/c1-17(2,3)16(21)18-13-6-7-14-12(11-13)5-8-15(20)19(14)9-10-22-4/h6-7,11H,5,8-10H2,1-4H3,(H,18,21). The van der Waals surface area contributed by atoms with Crippen LogP contribution >= 0.6 is 0 Å². The molecule has 120 valence electrons. The summed E-state index contributed by atoms with van der Waals surface area (Å²) in [5, 5.41) is 2.93. The Morgan fingerprint density at radius 2 is 2.05 bits per heavy atom. The quantitative estimate of drug-likeness (QED) is 0.930. The molecule has 1 N–H and O–H groups in total. The maximum absolute atomic E-state index is 12.1. The lowest BCUT2D eigenvalue weighted by molar-refractivity contribution is -0.123. The van der Waals surface area contributed by atoms with Gasteiger partial charge in [0.05, 0.1) is 6.61 Å². The third kappa shape index (κ3) is 3.65. The van der Waals surface area contributed by atoms with Gasteiger partial charge >= 0.3 is 0 Å².